The Morgan fingerprint density at radius 1 is 0.885 bits per heavy atom. The van der Waals surface area contributed by atoms with E-state index in [1.165, 1.54) is 12.7 Å². The molecule has 0 bridgehead atoms. The van der Waals surface area contributed by atoms with Crippen LogP contribution in [0.1, 0.15) is 11.9 Å². The molecule has 4 rings (SSSR count). The molecule has 0 amide bonds. The van der Waals surface area contributed by atoms with Crippen LogP contribution in [-0.2, 0) is 11.8 Å². The summed E-state index contributed by atoms with van der Waals surface area (Å²) in [7, 11) is 3.30. The first kappa shape index (κ1) is 16.4. The number of methoxy groups -OCH3 is 1. The molecule has 0 saturated heterocycles. The zero-order valence-corrected chi connectivity index (χ0v) is 14.6. The molecule has 1 N–H and O–H groups in total. The quantitative estimate of drug-likeness (QED) is 0.569. The summed E-state index contributed by atoms with van der Waals surface area (Å²) in [5.41, 5.74) is 6.48. The van der Waals surface area contributed by atoms with Crippen molar-refractivity contribution in [3.05, 3.63) is 72.3 Å². The topological polar surface area (TPSA) is 60.2 Å². The number of hydrogen-bond acceptors (Lipinski definition) is 4. The maximum Gasteiger partial charge on any atom is 0.183 e. The summed E-state index contributed by atoms with van der Waals surface area (Å²) in [6.45, 7) is 0. The van der Waals surface area contributed by atoms with Crippen LogP contribution in [-0.4, -0.2) is 27.2 Å². The van der Waals surface area contributed by atoms with Gasteiger partial charge in [0.1, 0.15) is 5.52 Å². The Hall–Kier alpha value is -3.02. The Morgan fingerprint density at radius 2 is 1.50 bits per heavy atom. The average Bonchev–Trinajstić information content (AvgIpc) is 3.08. The van der Waals surface area contributed by atoms with Gasteiger partial charge in [-0.05, 0) is 34.4 Å². The standard InChI is InChI=1S/C21H19N3O2/c1-24-19-13-17(12-18(21(25)26-2)20(19)22-23-24)16-10-8-15(9-11-16)14-6-4-3-5-7-14/h3-13,21,25H,1-2H3. The van der Waals surface area contributed by atoms with Crippen molar-refractivity contribution in [3.63, 3.8) is 0 Å². The zero-order chi connectivity index (χ0) is 18.1. The van der Waals surface area contributed by atoms with Gasteiger partial charge in [0, 0.05) is 19.7 Å². The molecule has 5 nitrogen and oxygen atoms in total. The summed E-state index contributed by atoms with van der Waals surface area (Å²) in [6.07, 6.45) is -1.04. The van der Waals surface area contributed by atoms with E-state index in [9.17, 15) is 5.11 Å². The van der Waals surface area contributed by atoms with Crippen LogP contribution >= 0.6 is 0 Å². The van der Waals surface area contributed by atoms with E-state index in [2.05, 4.69) is 46.7 Å². The number of hydrogen-bond donors (Lipinski definition) is 1. The van der Waals surface area contributed by atoms with Gasteiger partial charge in [0.05, 0.1) is 5.52 Å². The lowest BCUT2D eigenvalue weighted by Gasteiger charge is -2.12. The lowest BCUT2D eigenvalue weighted by molar-refractivity contribution is -0.0759. The second kappa shape index (κ2) is 6.71. The van der Waals surface area contributed by atoms with Crippen molar-refractivity contribution in [1.29, 1.82) is 0 Å². The number of nitrogens with zero attached hydrogens (tertiary/aromatic N) is 3. The second-order valence-electron chi connectivity index (χ2n) is 6.18. The van der Waals surface area contributed by atoms with Crippen molar-refractivity contribution in [1.82, 2.24) is 15.0 Å². The number of aliphatic hydroxyl groups is 1. The Bertz CT molecular complexity index is 1040. The molecule has 0 aliphatic rings. The van der Waals surface area contributed by atoms with Crippen LogP contribution < -0.4 is 0 Å². The first-order valence-corrected chi connectivity index (χ1v) is 8.37. The molecular formula is C21H19N3O2. The highest BCUT2D eigenvalue weighted by atomic mass is 16.6. The van der Waals surface area contributed by atoms with Gasteiger partial charge in [-0.3, -0.25) is 0 Å². The Labute approximate surface area is 151 Å². The molecule has 1 heterocycles. The maximum absolute atomic E-state index is 10.2. The van der Waals surface area contributed by atoms with Crippen LogP contribution in [0.2, 0.25) is 0 Å². The summed E-state index contributed by atoms with van der Waals surface area (Å²) in [6, 6.07) is 22.6. The molecule has 0 aliphatic heterocycles. The van der Waals surface area contributed by atoms with Crippen LogP contribution in [0.3, 0.4) is 0 Å². The van der Waals surface area contributed by atoms with Gasteiger partial charge in [-0.1, -0.05) is 59.8 Å². The molecule has 1 aromatic heterocycles. The highest BCUT2D eigenvalue weighted by Gasteiger charge is 2.17. The van der Waals surface area contributed by atoms with E-state index >= 15 is 0 Å². The fourth-order valence-corrected chi connectivity index (χ4v) is 3.12. The molecule has 0 saturated carbocycles. The molecular weight excluding hydrogens is 326 g/mol. The third-order valence-electron chi connectivity index (χ3n) is 4.56. The summed E-state index contributed by atoms with van der Waals surface area (Å²) < 4.78 is 6.80. The number of ether oxygens (including phenoxy) is 1. The average molecular weight is 345 g/mol. The van der Waals surface area contributed by atoms with Gasteiger partial charge in [-0.2, -0.15) is 0 Å². The normalized spacial score (nSPS) is 12.4. The molecule has 0 radical (unpaired) electrons. The van der Waals surface area contributed by atoms with Crippen LogP contribution in [0.4, 0.5) is 0 Å². The van der Waals surface area contributed by atoms with Crippen molar-refractivity contribution in [2.75, 3.05) is 7.11 Å². The molecule has 4 aromatic rings. The van der Waals surface area contributed by atoms with E-state index in [0.29, 0.717) is 11.1 Å². The lowest BCUT2D eigenvalue weighted by Crippen LogP contribution is -2.01. The van der Waals surface area contributed by atoms with Gasteiger partial charge in [0.15, 0.2) is 6.29 Å². The molecule has 1 unspecified atom stereocenters. The minimum absolute atomic E-state index is 0.611. The van der Waals surface area contributed by atoms with Gasteiger partial charge in [0.2, 0.25) is 0 Å². The highest BCUT2D eigenvalue weighted by molar-refractivity contribution is 5.85. The Morgan fingerprint density at radius 3 is 2.15 bits per heavy atom. The molecule has 26 heavy (non-hydrogen) atoms. The first-order valence-electron chi connectivity index (χ1n) is 8.37. The number of aryl methyl sites for hydroxylation is 1. The van der Waals surface area contributed by atoms with Crippen molar-refractivity contribution in [2.24, 2.45) is 7.05 Å². The third kappa shape index (κ3) is 2.87. The van der Waals surface area contributed by atoms with Gasteiger partial charge in [-0.15, -0.1) is 5.10 Å². The molecule has 5 heteroatoms. The van der Waals surface area contributed by atoms with Gasteiger partial charge in [0.25, 0.3) is 0 Å². The van der Waals surface area contributed by atoms with Crippen LogP contribution in [0, 0.1) is 0 Å². The molecule has 0 spiro atoms. The van der Waals surface area contributed by atoms with Crippen molar-refractivity contribution < 1.29 is 9.84 Å². The van der Waals surface area contributed by atoms with Gasteiger partial charge >= 0.3 is 0 Å². The molecule has 1 atom stereocenters. The van der Waals surface area contributed by atoms with Crippen LogP contribution in [0.25, 0.3) is 33.3 Å². The number of benzene rings is 3. The lowest BCUT2D eigenvalue weighted by atomic mass is 9.98. The van der Waals surface area contributed by atoms with E-state index in [1.807, 2.05) is 37.4 Å². The molecule has 3 aromatic carbocycles. The smallest absolute Gasteiger partial charge is 0.183 e. The number of aromatic nitrogens is 3. The summed E-state index contributed by atoms with van der Waals surface area (Å²) in [4.78, 5) is 0. The second-order valence-corrected chi connectivity index (χ2v) is 6.18. The van der Waals surface area contributed by atoms with E-state index in [1.54, 1.807) is 4.68 Å². The highest BCUT2D eigenvalue weighted by Crippen LogP contribution is 2.31. The van der Waals surface area contributed by atoms with Gasteiger partial charge < -0.3 is 9.84 Å². The predicted octanol–water partition coefficient (Wildman–Crippen LogP) is 3.94. The summed E-state index contributed by atoms with van der Waals surface area (Å²) in [5.74, 6) is 0. The van der Waals surface area contributed by atoms with E-state index in [-0.39, 0.29) is 0 Å². The number of aliphatic hydroxyl groups excluding tert-OH is 1. The minimum Gasteiger partial charge on any atom is -0.364 e. The predicted molar refractivity (Wildman–Crippen MR) is 101 cm³/mol. The monoisotopic (exact) mass is 345 g/mol. The maximum atomic E-state index is 10.2. The summed E-state index contributed by atoms with van der Waals surface area (Å²) in [5, 5.41) is 18.4. The van der Waals surface area contributed by atoms with Crippen molar-refractivity contribution in [2.45, 2.75) is 6.29 Å². The van der Waals surface area contributed by atoms with Crippen LogP contribution in [0.5, 0.6) is 0 Å². The molecule has 130 valence electrons. The zero-order valence-electron chi connectivity index (χ0n) is 14.6. The Kier molecular flexibility index (Phi) is 4.24. The largest absolute Gasteiger partial charge is 0.364 e. The van der Waals surface area contributed by atoms with Crippen molar-refractivity contribution in [3.8, 4) is 22.3 Å². The van der Waals surface area contributed by atoms with E-state index < -0.39 is 6.29 Å². The fourth-order valence-electron chi connectivity index (χ4n) is 3.12. The number of fused-ring (bicyclic) bond motifs is 1. The fraction of sp³-hybridized carbons (Fsp3) is 0.143. The van der Waals surface area contributed by atoms with Crippen LogP contribution in [0.15, 0.2) is 66.7 Å². The molecule has 0 fully saturated rings. The SMILES string of the molecule is COC(O)c1cc(-c2ccc(-c3ccccc3)cc2)cc2c1nnn2C. The van der Waals surface area contributed by atoms with Crippen molar-refractivity contribution >= 4 is 11.0 Å². The van der Waals surface area contributed by atoms with E-state index in [4.69, 9.17) is 4.74 Å². The van der Waals surface area contributed by atoms with Gasteiger partial charge in [-0.25, -0.2) is 4.68 Å². The Balaban J connectivity index is 1.80. The first-order chi connectivity index (χ1) is 12.7. The third-order valence-corrected chi connectivity index (χ3v) is 4.56. The minimum atomic E-state index is -1.04. The number of rotatable bonds is 4. The summed E-state index contributed by atoms with van der Waals surface area (Å²) >= 11 is 0. The van der Waals surface area contributed by atoms with E-state index in [0.717, 1.165) is 22.2 Å². The molecule has 0 aliphatic carbocycles.